The van der Waals surface area contributed by atoms with E-state index < -0.39 is 41.1 Å². The van der Waals surface area contributed by atoms with Crippen LogP contribution in [0.1, 0.15) is 73.3 Å². The Kier molecular flexibility index (Phi) is 8.67. The van der Waals surface area contributed by atoms with Gasteiger partial charge < -0.3 is 20.9 Å². The van der Waals surface area contributed by atoms with Crippen molar-refractivity contribution in [2.24, 2.45) is 34.5 Å². The molecule has 1 heterocycles. The number of hydrogen-bond acceptors (Lipinski definition) is 5. The van der Waals surface area contributed by atoms with E-state index in [1.54, 1.807) is 18.7 Å². The van der Waals surface area contributed by atoms with Crippen molar-refractivity contribution in [2.45, 2.75) is 92.4 Å². The number of fused-ring (bicyclic) bond motifs is 1. The van der Waals surface area contributed by atoms with Crippen LogP contribution in [-0.2, 0) is 30.5 Å². The third kappa shape index (κ3) is 6.81. The molecule has 1 aliphatic heterocycles. The second kappa shape index (κ2) is 11.6. The Hall–Kier alpha value is -3.23. The first-order valence-corrected chi connectivity index (χ1v) is 14.9. The van der Waals surface area contributed by atoms with Gasteiger partial charge in [-0.1, -0.05) is 91.6 Å². The average Bonchev–Trinajstić information content (AvgIpc) is 3.76. The molecule has 1 saturated heterocycles. The van der Waals surface area contributed by atoms with Gasteiger partial charge in [-0.15, -0.1) is 0 Å². The Morgan fingerprint density at radius 1 is 1.00 bits per heavy atom. The Balaban J connectivity index is 1.51. The summed E-state index contributed by atoms with van der Waals surface area (Å²) >= 11 is 0. The quantitative estimate of drug-likeness (QED) is 0.356. The fraction of sp³-hybridized carbons (Fsp3) is 0.656. The van der Waals surface area contributed by atoms with Crippen molar-refractivity contribution in [3.63, 3.8) is 0 Å². The maximum atomic E-state index is 14.0. The summed E-state index contributed by atoms with van der Waals surface area (Å²) in [6.45, 7) is 14.0. The van der Waals surface area contributed by atoms with E-state index in [1.807, 2.05) is 51.1 Å². The molecule has 5 atom stereocenters. The van der Waals surface area contributed by atoms with Crippen LogP contribution in [-0.4, -0.2) is 59.0 Å². The molecule has 1 aromatic rings. The number of likely N-dealkylation sites (tertiary alicyclic amines) is 1. The molecule has 224 valence electrons. The number of ketones is 1. The van der Waals surface area contributed by atoms with Crippen LogP contribution in [0.2, 0.25) is 0 Å². The van der Waals surface area contributed by atoms with Crippen LogP contribution in [0.4, 0.5) is 0 Å². The number of carbonyl (C=O) groups is 5. The minimum Gasteiger partial charge on any atom is -0.345 e. The largest absolute Gasteiger partial charge is 0.345 e. The van der Waals surface area contributed by atoms with Gasteiger partial charge in [0.1, 0.15) is 12.1 Å². The minimum absolute atomic E-state index is 0.0588. The lowest BCUT2D eigenvalue weighted by atomic mass is 9.84. The van der Waals surface area contributed by atoms with Gasteiger partial charge in [-0.2, -0.15) is 0 Å². The molecule has 3 aliphatic rings. The molecule has 1 aromatic carbocycles. The molecule has 4 rings (SSSR count). The molecule has 0 aromatic heterocycles. The second-order valence-electron chi connectivity index (χ2n) is 14.1. The molecule has 9 nitrogen and oxygen atoms in total. The summed E-state index contributed by atoms with van der Waals surface area (Å²) in [5.41, 5.74) is 0.170. The highest BCUT2D eigenvalue weighted by molar-refractivity contribution is 6.38. The number of hydrogen-bond donors (Lipinski definition) is 3. The number of piperidine rings is 1. The summed E-state index contributed by atoms with van der Waals surface area (Å²) in [6.07, 6.45) is 2.32. The third-order valence-corrected chi connectivity index (χ3v) is 9.10. The van der Waals surface area contributed by atoms with Gasteiger partial charge in [-0.25, -0.2) is 0 Å². The average molecular weight is 567 g/mol. The number of benzene rings is 1. The zero-order chi connectivity index (χ0) is 30.3. The third-order valence-electron chi connectivity index (χ3n) is 9.10. The van der Waals surface area contributed by atoms with E-state index in [2.05, 4.69) is 29.8 Å². The van der Waals surface area contributed by atoms with Crippen molar-refractivity contribution in [1.82, 2.24) is 20.9 Å². The second-order valence-corrected chi connectivity index (χ2v) is 14.1. The van der Waals surface area contributed by atoms with Crippen molar-refractivity contribution in [1.29, 1.82) is 0 Å². The van der Waals surface area contributed by atoms with Crippen LogP contribution >= 0.6 is 0 Å². The molecular weight excluding hydrogens is 520 g/mol. The number of amides is 4. The fourth-order valence-electron chi connectivity index (χ4n) is 6.14. The molecule has 3 N–H and O–H groups in total. The van der Waals surface area contributed by atoms with Gasteiger partial charge in [0.05, 0.1) is 6.04 Å². The van der Waals surface area contributed by atoms with E-state index in [4.69, 9.17) is 0 Å². The number of carbonyl (C=O) groups excluding carboxylic acids is 5. The van der Waals surface area contributed by atoms with Crippen molar-refractivity contribution in [2.75, 3.05) is 6.54 Å². The van der Waals surface area contributed by atoms with Gasteiger partial charge in [0.25, 0.3) is 5.91 Å². The highest BCUT2D eigenvalue weighted by atomic mass is 16.2. The van der Waals surface area contributed by atoms with Crippen molar-refractivity contribution >= 4 is 29.4 Å². The molecule has 1 unspecified atom stereocenters. The molecule has 41 heavy (non-hydrogen) atoms. The topological polar surface area (TPSA) is 125 Å². The van der Waals surface area contributed by atoms with E-state index in [9.17, 15) is 24.0 Å². The normalized spacial score (nSPS) is 24.2. The number of Topliss-reactive ketones (excluding diaryl/α,β-unsaturated/α-hetero) is 1. The standard InChI is InChI=1S/C32H46N4O5/c1-18(2)27(38)35-26(31(3,4)5)30(41)36-17-21-23(32(21,6)7)24(36)28(39)34-22(15-19-13-14-19)25(37)29(40)33-16-20-11-9-8-10-12-20/h8-12,18-19,21-24,26H,13-17H2,1-7H3,(H,33,40)(H,34,39)(H,35,38)/t21-,22?,23-,24-,26+/m0/s1. The molecule has 0 bridgehead atoms. The lowest BCUT2D eigenvalue weighted by Gasteiger charge is -2.38. The van der Waals surface area contributed by atoms with Gasteiger partial charge in [0.15, 0.2) is 0 Å². The van der Waals surface area contributed by atoms with E-state index in [-0.39, 0.29) is 47.4 Å². The minimum atomic E-state index is -0.956. The SMILES string of the molecule is CC(C)C(=O)N[C@H](C(=O)N1C[C@H]2[C@@H]([C@H]1C(=O)NC(CC1CC1)C(=O)C(=O)NCc1ccccc1)C2(C)C)C(C)(C)C. The first kappa shape index (κ1) is 30.7. The van der Waals surface area contributed by atoms with Gasteiger partial charge in [-0.3, -0.25) is 24.0 Å². The Morgan fingerprint density at radius 2 is 1.63 bits per heavy atom. The van der Waals surface area contributed by atoms with E-state index in [0.29, 0.717) is 13.0 Å². The molecule has 0 spiro atoms. The van der Waals surface area contributed by atoms with Gasteiger partial charge in [0, 0.05) is 19.0 Å². The fourth-order valence-corrected chi connectivity index (χ4v) is 6.14. The van der Waals surface area contributed by atoms with Crippen LogP contribution in [0.25, 0.3) is 0 Å². The van der Waals surface area contributed by atoms with E-state index in [0.717, 1.165) is 18.4 Å². The first-order valence-electron chi connectivity index (χ1n) is 14.9. The zero-order valence-electron chi connectivity index (χ0n) is 25.5. The van der Waals surface area contributed by atoms with E-state index in [1.165, 1.54) is 0 Å². The molecular formula is C32H46N4O5. The Morgan fingerprint density at radius 3 is 2.20 bits per heavy atom. The maximum Gasteiger partial charge on any atom is 0.289 e. The summed E-state index contributed by atoms with van der Waals surface area (Å²) in [4.78, 5) is 68.3. The van der Waals surface area contributed by atoms with Crippen LogP contribution in [0.3, 0.4) is 0 Å². The van der Waals surface area contributed by atoms with Crippen molar-refractivity contribution in [3.8, 4) is 0 Å². The van der Waals surface area contributed by atoms with Crippen LogP contribution in [0, 0.1) is 34.5 Å². The first-order chi connectivity index (χ1) is 19.1. The monoisotopic (exact) mass is 566 g/mol. The summed E-state index contributed by atoms with van der Waals surface area (Å²) in [5.74, 6) is -2.23. The number of nitrogens with zero attached hydrogens (tertiary/aromatic N) is 1. The Bertz CT molecular complexity index is 1180. The summed E-state index contributed by atoms with van der Waals surface area (Å²) < 4.78 is 0. The highest BCUT2D eigenvalue weighted by Gasteiger charge is 2.70. The molecule has 2 aliphatic carbocycles. The predicted octanol–water partition coefficient (Wildman–Crippen LogP) is 2.83. The Labute approximate surface area is 243 Å². The van der Waals surface area contributed by atoms with E-state index >= 15 is 0 Å². The predicted molar refractivity (Wildman–Crippen MR) is 155 cm³/mol. The summed E-state index contributed by atoms with van der Waals surface area (Å²) in [5, 5.41) is 8.49. The molecule has 3 fully saturated rings. The van der Waals surface area contributed by atoms with Gasteiger partial charge in [-0.05, 0) is 40.6 Å². The summed E-state index contributed by atoms with van der Waals surface area (Å²) in [7, 11) is 0. The van der Waals surface area contributed by atoms with Crippen molar-refractivity contribution < 1.29 is 24.0 Å². The lowest BCUT2D eigenvalue weighted by Crippen LogP contribution is -2.60. The molecule has 9 heteroatoms. The van der Waals surface area contributed by atoms with Crippen LogP contribution in [0.5, 0.6) is 0 Å². The maximum absolute atomic E-state index is 14.0. The van der Waals surface area contributed by atoms with Crippen molar-refractivity contribution in [3.05, 3.63) is 35.9 Å². The number of rotatable bonds is 11. The summed E-state index contributed by atoms with van der Waals surface area (Å²) in [6, 6.07) is 6.79. The molecule has 2 saturated carbocycles. The molecule has 4 amide bonds. The van der Waals surface area contributed by atoms with Crippen LogP contribution in [0.15, 0.2) is 30.3 Å². The highest BCUT2D eigenvalue weighted by Crippen LogP contribution is 2.65. The van der Waals surface area contributed by atoms with Gasteiger partial charge >= 0.3 is 0 Å². The van der Waals surface area contributed by atoms with Crippen LogP contribution < -0.4 is 16.0 Å². The lowest BCUT2D eigenvalue weighted by molar-refractivity contribution is -0.147. The molecule has 0 radical (unpaired) electrons. The zero-order valence-corrected chi connectivity index (χ0v) is 25.5. The smallest absolute Gasteiger partial charge is 0.289 e. The van der Waals surface area contributed by atoms with Gasteiger partial charge in [0.2, 0.25) is 23.5 Å². The number of nitrogens with one attached hydrogen (secondary N) is 3.